The molecular weight excluding hydrogens is 1010 g/mol. The zero-order chi connectivity index (χ0) is 46.9. The number of carboxylic acid groups (broad SMARTS) is 2. The van der Waals surface area contributed by atoms with Crippen molar-refractivity contribution in [1.82, 2.24) is 0 Å². The Morgan fingerprint density at radius 2 is 0.765 bits per heavy atom. The minimum atomic E-state index is -4.99. The molecule has 30 heteroatoms. The Kier molecular flexibility index (Phi) is 23.7. The maximum absolute atomic E-state index is 11.5. The molecule has 0 spiro atoms. The van der Waals surface area contributed by atoms with Gasteiger partial charge in [0.1, 0.15) is 20.2 Å². The number of non-ortho nitro benzene ring substituents is 2. The Bertz CT molecular complexity index is 2910. The molecule has 6 aromatic rings. The van der Waals surface area contributed by atoms with Gasteiger partial charge in [-0.25, -0.2) is 16.8 Å². The van der Waals surface area contributed by atoms with Crippen molar-refractivity contribution in [2.24, 2.45) is 20.5 Å². The average Bonchev–Trinajstić information content (AvgIpc) is 3.23. The van der Waals surface area contributed by atoms with Crippen LogP contribution in [0.4, 0.5) is 56.9 Å². The molecule has 6 rings (SSSR count). The normalized spacial score (nSPS) is 10.7. The fourth-order valence-electron chi connectivity index (χ4n) is 5.11. The van der Waals surface area contributed by atoms with Gasteiger partial charge in [-0.15, -0.1) is 0 Å². The number of nitro groups is 2. The van der Waals surface area contributed by atoms with E-state index in [-0.39, 0.29) is 129 Å². The monoisotopic (exact) mass is 1030 g/mol. The summed E-state index contributed by atoms with van der Waals surface area (Å²) in [4.78, 5) is 40.3. The quantitative estimate of drug-likeness (QED) is 0.0340. The van der Waals surface area contributed by atoms with Crippen LogP contribution >= 0.6 is 0 Å². The molecule has 0 amide bonds. The standard InChI is InChI=1S/2C19H14N4O8S.Cr.3Na/c2*24-17-8-5-13(9-15(17)19(25)26)22-21-12-3-1-11(2-4-12)20-16-7-6-14(23(27)28)10-18(16)32(29,30)31;;;;/h2*1-10,20,24H,(H,25,26)(H,29,30,31);;;;/q;;+3;3*+1/p-6. The van der Waals surface area contributed by atoms with Crippen LogP contribution in [0.5, 0.6) is 11.5 Å². The van der Waals surface area contributed by atoms with E-state index in [1.165, 1.54) is 60.7 Å². The zero-order valence-electron chi connectivity index (χ0n) is 35.0. The summed E-state index contributed by atoms with van der Waals surface area (Å²) < 4.78 is 68.8. The third kappa shape index (κ3) is 17.1. The second-order valence-corrected chi connectivity index (χ2v) is 15.2. The number of rotatable bonds is 14. The van der Waals surface area contributed by atoms with Gasteiger partial charge in [0, 0.05) is 35.6 Å². The number of carboxylic acids is 2. The number of nitrogens with one attached hydrogen (secondary N) is 2. The van der Waals surface area contributed by atoms with Crippen LogP contribution in [0.1, 0.15) is 20.7 Å². The fourth-order valence-corrected chi connectivity index (χ4v) is 6.42. The van der Waals surface area contributed by atoms with E-state index in [1.807, 2.05) is 0 Å². The van der Waals surface area contributed by atoms with Gasteiger partial charge in [-0.3, -0.25) is 20.2 Å². The molecular formula is C38H22CrN8Na3O16S2. The van der Waals surface area contributed by atoms with Crippen molar-refractivity contribution in [3.05, 3.63) is 153 Å². The minimum absolute atomic E-state index is 0. The molecule has 0 aliphatic rings. The van der Waals surface area contributed by atoms with E-state index >= 15 is 0 Å². The number of nitro benzene ring substituents is 2. The van der Waals surface area contributed by atoms with Crippen molar-refractivity contribution in [1.29, 1.82) is 0 Å². The predicted molar refractivity (Wildman–Crippen MR) is 210 cm³/mol. The Hall–Kier alpha value is -5.19. The summed E-state index contributed by atoms with van der Waals surface area (Å²) in [6.45, 7) is 0. The predicted octanol–water partition coefficient (Wildman–Crippen LogP) is -4.80. The summed E-state index contributed by atoms with van der Waals surface area (Å²) in [5.41, 5.74) is -0.907. The smallest absolute Gasteiger partial charge is 0.872 e. The molecule has 2 N–H and O–H groups in total. The number of hydrogen-bond donors (Lipinski definition) is 2. The first-order valence-electron chi connectivity index (χ1n) is 17.2. The van der Waals surface area contributed by atoms with Crippen LogP contribution in [-0.2, 0) is 37.6 Å². The first-order valence-corrected chi connectivity index (χ1v) is 20.0. The SMILES string of the molecule is O=C([O-])c1cc(N=Nc2ccc(Nc3ccc([N+](=O)[O-])cc3S(=O)(=O)[O-])cc2)ccc1[O-].O=C([O-])c1cc(N=Nc2ccc(Nc3ccc([N+](=O)[O-])cc3S(=O)(=O)[O-])cc2)ccc1[O-].[Cr+3].[Na+].[Na+].[Na+]. The fraction of sp³-hybridized carbons (Fsp3) is 0. The van der Waals surface area contributed by atoms with E-state index in [9.17, 15) is 76.2 Å². The molecule has 6 aromatic carbocycles. The topological polar surface area (TPSA) is 401 Å². The summed E-state index contributed by atoms with van der Waals surface area (Å²) >= 11 is 0. The van der Waals surface area contributed by atoms with Crippen LogP contribution in [0.2, 0.25) is 0 Å². The Labute approximate surface area is 461 Å². The first-order chi connectivity index (χ1) is 30.1. The van der Waals surface area contributed by atoms with Crippen LogP contribution in [-0.4, -0.2) is 47.7 Å². The number of nitrogens with zero attached hydrogens (tertiary/aromatic N) is 6. The summed E-state index contributed by atoms with van der Waals surface area (Å²) in [7, 11) is -9.98. The van der Waals surface area contributed by atoms with Crippen molar-refractivity contribution < 1.29 is 172 Å². The Balaban J connectivity index is 0.000000642. The third-order valence-electron chi connectivity index (χ3n) is 8.11. The van der Waals surface area contributed by atoms with Crippen molar-refractivity contribution >= 4 is 89.0 Å². The average molecular weight is 1030 g/mol. The van der Waals surface area contributed by atoms with E-state index in [4.69, 9.17) is 0 Å². The van der Waals surface area contributed by atoms with Crippen LogP contribution in [0.3, 0.4) is 0 Å². The van der Waals surface area contributed by atoms with Crippen LogP contribution in [0, 0.1) is 20.2 Å². The summed E-state index contributed by atoms with van der Waals surface area (Å²) in [5.74, 6) is -4.70. The molecule has 0 atom stereocenters. The van der Waals surface area contributed by atoms with E-state index in [0.29, 0.717) is 34.9 Å². The van der Waals surface area contributed by atoms with Crippen LogP contribution in [0.15, 0.2) is 152 Å². The number of anilines is 4. The maximum Gasteiger partial charge on any atom is 3.00 e. The number of carbonyl (C=O) groups excluding carboxylic acids is 2. The van der Waals surface area contributed by atoms with Gasteiger partial charge < -0.3 is 49.8 Å². The second-order valence-electron chi connectivity index (χ2n) is 12.5. The summed E-state index contributed by atoms with van der Waals surface area (Å²) in [6, 6.07) is 24.1. The molecule has 331 valence electrons. The molecule has 68 heavy (non-hydrogen) atoms. The van der Waals surface area contributed by atoms with Crippen molar-refractivity contribution in [2.45, 2.75) is 9.79 Å². The molecule has 0 unspecified atom stereocenters. The number of benzene rings is 6. The van der Waals surface area contributed by atoms with Gasteiger partial charge in [-0.05, 0) is 96.1 Å². The van der Waals surface area contributed by atoms with Gasteiger partial charge >= 0.3 is 106 Å². The van der Waals surface area contributed by atoms with E-state index in [2.05, 4.69) is 31.1 Å². The van der Waals surface area contributed by atoms with Gasteiger partial charge in [-0.1, -0.05) is 23.6 Å². The Morgan fingerprint density at radius 1 is 0.471 bits per heavy atom. The number of aromatic carboxylic acids is 2. The van der Waals surface area contributed by atoms with Crippen molar-refractivity contribution in [2.75, 3.05) is 10.6 Å². The summed E-state index contributed by atoms with van der Waals surface area (Å²) in [5, 5.41) is 87.2. The zero-order valence-corrected chi connectivity index (χ0v) is 43.9. The van der Waals surface area contributed by atoms with Crippen LogP contribution < -0.4 is 120 Å². The molecule has 0 bridgehead atoms. The van der Waals surface area contributed by atoms with Crippen molar-refractivity contribution in [3.8, 4) is 11.5 Å². The number of carbonyl (C=O) groups is 2. The Morgan fingerprint density at radius 3 is 1.04 bits per heavy atom. The van der Waals surface area contributed by atoms with Gasteiger partial charge in [0.15, 0.2) is 0 Å². The van der Waals surface area contributed by atoms with E-state index < -0.39 is 85.8 Å². The molecule has 0 saturated heterocycles. The number of hydrogen-bond acceptors (Lipinski definition) is 22. The van der Waals surface area contributed by atoms with Gasteiger partial charge in [0.2, 0.25) is 0 Å². The van der Waals surface area contributed by atoms with Gasteiger partial charge in [0.25, 0.3) is 11.4 Å². The summed E-state index contributed by atoms with van der Waals surface area (Å²) in [6.07, 6.45) is 0. The molecule has 0 saturated carbocycles. The molecule has 1 radical (unpaired) electrons. The molecule has 0 aromatic heterocycles. The molecule has 0 fully saturated rings. The molecule has 0 aliphatic carbocycles. The third-order valence-corrected chi connectivity index (χ3v) is 9.86. The first kappa shape index (κ1) is 60.8. The van der Waals surface area contributed by atoms with Gasteiger partial charge in [-0.2, -0.15) is 20.5 Å². The maximum atomic E-state index is 11.5. The van der Waals surface area contributed by atoms with E-state index in [0.717, 1.165) is 48.5 Å². The van der Waals surface area contributed by atoms with E-state index in [1.54, 1.807) is 0 Å². The minimum Gasteiger partial charge on any atom is -0.872 e. The number of azo groups is 2. The second kappa shape index (κ2) is 26.5. The largest absolute Gasteiger partial charge is 3.00 e. The molecule has 0 aliphatic heterocycles. The molecule has 0 heterocycles. The molecule has 24 nitrogen and oxygen atoms in total. The van der Waals surface area contributed by atoms with Crippen molar-refractivity contribution in [3.63, 3.8) is 0 Å². The van der Waals surface area contributed by atoms with Crippen LogP contribution in [0.25, 0.3) is 0 Å². The van der Waals surface area contributed by atoms with Gasteiger partial charge in [0.05, 0.1) is 65.7 Å².